The van der Waals surface area contributed by atoms with E-state index in [-0.39, 0.29) is 11.9 Å². The maximum Gasteiger partial charge on any atom is 0.183 e. The van der Waals surface area contributed by atoms with Gasteiger partial charge in [0.25, 0.3) is 0 Å². The molecule has 0 aliphatic carbocycles. The Bertz CT molecular complexity index is 212. The van der Waals surface area contributed by atoms with E-state index in [4.69, 9.17) is 4.74 Å². The van der Waals surface area contributed by atoms with E-state index in [1.54, 1.807) is 5.94 Å². The van der Waals surface area contributed by atoms with Crippen LogP contribution in [-0.4, -0.2) is 37.5 Å². The molecule has 0 radical (unpaired) electrons. The van der Waals surface area contributed by atoms with E-state index in [9.17, 15) is 9.59 Å². The van der Waals surface area contributed by atoms with Crippen LogP contribution in [0.25, 0.3) is 0 Å². The second-order valence-electron chi connectivity index (χ2n) is 2.84. The molecule has 12 heavy (non-hydrogen) atoms. The SMILES string of the molecule is CC(=O)C1C[NH+](C=C=O)CCO1. The summed E-state index contributed by atoms with van der Waals surface area (Å²) in [5.41, 5.74) is 0. The standard InChI is InChI=1S/C8H11NO3/c1-7(11)8-6-9(2-4-10)3-5-12-8/h2,8H,3,5-6H2,1H3/p+1. The Hall–Kier alpha value is -0.960. The highest BCUT2D eigenvalue weighted by Crippen LogP contribution is 1.93. The molecule has 1 aliphatic rings. The number of hydrogen-bond acceptors (Lipinski definition) is 3. The first-order chi connectivity index (χ1) is 5.74. The largest absolute Gasteiger partial charge is 0.359 e. The van der Waals surface area contributed by atoms with Crippen molar-refractivity contribution in [2.45, 2.75) is 13.0 Å². The van der Waals surface area contributed by atoms with Crippen LogP contribution in [0.3, 0.4) is 0 Å². The third-order valence-electron chi connectivity index (χ3n) is 1.91. The highest BCUT2D eigenvalue weighted by atomic mass is 16.5. The lowest BCUT2D eigenvalue weighted by Crippen LogP contribution is -3.11. The molecular weight excluding hydrogens is 158 g/mol. The molecule has 1 saturated heterocycles. The van der Waals surface area contributed by atoms with Crippen LogP contribution in [-0.2, 0) is 14.3 Å². The fraction of sp³-hybridized carbons (Fsp3) is 0.625. The first-order valence-corrected chi connectivity index (χ1v) is 3.91. The molecule has 1 rings (SSSR count). The molecule has 4 heteroatoms. The van der Waals surface area contributed by atoms with E-state index in [0.29, 0.717) is 13.2 Å². The average Bonchev–Trinajstić information content (AvgIpc) is 2.05. The zero-order chi connectivity index (χ0) is 8.97. The molecule has 0 aromatic carbocycles. The average molecular weight is 170 g/mol. The van der Waals surface area contributed by atoms with Crippen molar-refractivity contribution in [3.05, 3.63) is 6.20 Å². The highest BCUT2D eigenvalue weighted by Gasteiger charge is 2.25. The van der Waals surface area contributed by atoms with Crippen molar-refractivity contribution >= 4 is 11.7 Å². The molecule has 66 valence electrons. The van der Waals surface area contributed by atoms with Gasteiger partial charge in [-0.25, -0.2) is 4.79 Å². The number of rotatable bonds is 2. The van der Waals surface area contributed by atoms with Crippen LogP contribution in [0.5, 0.6) is 0 Å². The number of hydrogen-bond donors (Lipinski definition) is 1. The number of ether oxygens (including phenoxy) is 1. The highest BCUT2D eigenvalue weighted by molar-refractivity contribution is 5.80. The van der Waals surface area contributed by atoms with Crippen molar-refractivity contribution in [1.29, 1.82) is 0 Å². The quantitative estimate of drug-likeness (QED) is 0.498. The Morgan fingerprint density at radius 2 is 2.50 bits per heavy atom. The predicted molar refractivity (Wildman–Crippen MR) is 41.4 cm³/mol. The van der Waals surface area contributed by atoms with Gasteiger partial charge in [-0.3, -0.25) is 9.69 Å². The van der Waals surface area contributed by atoms with Crippen LogP contribution >= 0.6 is 0 Å². The molecule has 2 atom stereocenters. The third kappa shape index (κ3) is 2.27. The molecule has 4 nitrogen and oxygen atoms in total. The van der Waals surface area contributed by atoms with Crippen LogP contribution in [0.4, 0.5) is 0 Å². The molecule has 0 saturated carbocycles. The second-order valence-corrected chi connectivity index (χ2v) is 2.84. The van der Waals surface area contributed by atoms with E-state index in [1.165, 1.54) is 13.1 Å². The topological polar surface area (TPSA) is 47.8 Å². The van der Waals surface area contributed by atoms with E-state index in [2.05, 4.69) is 0 Å². The van der Waals surface area contributed by atoms with Crippen LogP contribution < -0.4 is 4.90 Å². The molecule has 0 aromatic heterocycles. The smallest absolute Gasteiger partial charge is 0.183 e. The van der Waals surface area contributed by atoms with Gasteiger partial charge in [0, 0.05) is 0 Å². The molecule has 0 aromatic rings. The predicted octanol–water partition coefficient (Wildman–Crippen LogP) is -1.80. The molecule has 0 bridgehead atoms. The number of quaternary nitrogens is 1. The molecule has 0 spiro atoms. The van der Waals surface area contributed by atoms with Gasteiger partial charge in [0.2, 0.25) is 0 Å². The lowest BCUT2D eigenvalue weighted by molar-refractivity contribution is -0.857. The van der Waals surface area contributed by atoms with Gasteiger partial charge < -0.3 is 4.74 Å². The Morgan fingerprint density at radius 3 is 3.08 bits per heavy atom. The van der Waals surface area contributed by atoms with Crippen LogP contribution in [0.1, 0.15) is 6.92 Å². The molecule has 2 unspecified atom stereocenters. The fourth-order valence-corrected chi connectivity index (χ4v) is 1.21. The Labute approximate surface area is 70.8 Å². The second kappa shape index (κ2) is 4.16. The van der Waals surface area contributed by atoms with Crippen molar-refractivity contribution in [2.75, 3.05) is 19.7 Å². The Kier molecular flexibility index (Phi) is 3.17. The summed E-state index contributed by atoms with van der Waals surface area (Å²) in [5, 5.41) is 0. The minimum Gasteiger partial charge on any atom is -0.359 e. The van der Waals surface area contributed by atoms with Crippen molar-refractivity contribution < 1.29 is 19.2 Å². The number of morpholine rings is 1. The van der Waals surface area contributed by atoms with Crippen molar-refractivity contribution in [1.82, 2.24) is 0 Å². The van der Waals surface area contributed by atoms with Crippen LogP contribution in [0.2, 0.25) is 0 Å². The summed E-state index contributed by atoms with van der Waals surface area (Å²) in [6.07, 6.45) is 1.05. The van der Waals surface area contributed by atoms with Gasteiger partial charge in [-0.05, 0) is 6.92 Å². The number of carbonyl (C=O) groups excluding carboxylic acids is 2. The van der Waals surface area contributed by atoms with Crippen molar-refractivity contribution in [2.24, 2.45) is 0 Å². The van der Waals surface area contributed by atoms with Gasteiger partial charge in [-0.1, -0.05) is 0 Å². The molecule has 1 aliphatic heterocycles. The Balaban J connectivity index is 2.51. The van der Waals surface area contributed by atoms with Crippen LogP contribution in [0.15, 0.2) is 6.20 Å². The lowest BCUT2D eigenvalue weighted by Gasteiger charge is -2.24. The van der Waals surface area contributed by atoms with Crippen molar-refractivity contribution in [3.8, 4) is 0 Å². The summed E-state index contributed by atoms with van der Waals surface area (Å²) in [6.45, 7) is 3.31. The fourth-order valence-electron chi connectivity index (χ4n) is 1.21. The van der Waals surface area contributed by atoms with E-state index >= 15 is 0 Å². The van der Waals surface area contributed by atoms with E-state index < -0.39 is 0 Å². The minimum absolute atomic E-state index is 0.0199. The first kappa shape index (κ1) is 9.13. The van der Waals surface area contributed by atoms with Crippen molar-refractivity contribution in [3.63, 3.8) is 0 Å². The van der Waals surface area contributed by atoms with E-state index in [1.807, 2.05) is 0 Å². The summed E-state index contributed by atoms with van der Waals surface area (Å²) in [4.78, 5) is 21.9. The van der Waals surface area contributed by atoms with Crippen LogP contribution in [0, 0.1) is 0 Å². The van der Waals surface area contributed by atoms with Gasteiger partial charge in [0.1, 0.15) is 13.1 Å². The zero-order valence-electron chi connectivity index (χ0n) is 7.00. The third-order valence-corrected chi connectivity index (χ3v) is 1.91. The maximum absolute atomic E-state index is 10.9. The monoisotopic (exact) mass is 170 g/mol. The van der Waals surface area contributed by atoms with Gasteiger partial charge in [-0.2, -0.15) is 0 Å². The zero-order valence-corrected chi connectivity index (χ0v) is 7.00. The van der Waals surface area contributed by atoms with E-state index in [0.717, 1.165) is 11.4 Å². The number of nitrogens with one attached hydrogen (secondary N) is 1. The summed E-state index contributed by atoms with van der Waals surface area (Å²) >= 11 is 0. The number of Topliss-reactive ketones (excluding diaryl/α,β-unsaturated/α-hetero) is 1. The molecule has 0 amide bonds. The summed E-state index contributed by atoms with van der Waals surface area (Å²) < 4.78 is 5.20. The molecular formula is C8H12NO3+. The molecule has 1 fully saturated rings. The number of carbonyl (C=O) groups is 1. The van der Waals surface area contributed by atoms with Gasteiger partial charge in [-0.15, -0.1) is 0 Å². The summed E-state index contributed by atoms with van der Waals surface area (Å²) in [7, 11) is 0. The summed E-state index contributed by atoms with van der Waals surface area (Å²) in [5.74, 6) is 1.74. The lowest BCUT2D eigenvalue weighted by atomic mass is 10.2. The molecule has 1 N–H and O–H groups in total. The minimum atomic E-state index is -0.349. The van der Waals surface area contributed by atoms with Gasteiger partial charge in [0.15, 0.2) is 24.0 Å². The first-order valence-electron chi connectivity index (χ1n) is 3.91. The number of ketones is 1. The van der Waals surface area contributed by atoms with Gasteiger partial charge in [0.05, 0.1) is 6.61 Å². The maximum atomic E-state index is 10.9. The Morgan fingerprint density at radius 1 is 1.75 bits per heavy atom. The summed E-state index contributed by atoms with van der Waals surface area (Å²) in [6, 6.07) is 0. The van der Waals surface area contributed by atoms with Gasteiger partial charge >= 0.3 is 0 Å². The molecule has 1 heterocycles. The normalized spacial score (nSPS) is 29.1.